The number of aryl methyl sites for hydroxylation is 1. The zero-order valence-corrected chi connectivity index (χ0v) is 11.4. The summed E-state index contributed by atoms with van der Waals surface area (Å²) < 4.78 is 13.7. The van der Waals surface area contributed by atoms with E-state index in [1.165, 1.54) is 18.9 Å². The van der Waals surface area contributed by atoms with E-state index < -0.39 is 6.10 Å². The molecule has 0 radical (unpaired) electrons. The molecule has 100 valence electrons. The van der Waals surface area contributed by atoms with Gasteiger partial charge in [-0.05, 0) is 57.7 Å². The van der Waals surface area contributed by atoms with Gasteiger partial charge in [0, 0.05) is 23.8 Å². The monoisotopic (exact) mass is 251 g/mol. The van der Waals surface area contributed by atoms with Crippen LogP contribution in [0.25, 0.3) is 0 Å². The lowest BCUT2D eigenvalue weighted by Crippen LogP contribution is -2.38. The highest BCUT2D eigenvalue weighted by Gasteiger charge is 2.23. The van der Waals surface area contributed by atoms with Crippen molar-refractivity contribution in [2.45, 2.75) is 52.2 Å². The summed E-state index contributed by atoms with van der Waals surface area (Å²) in [6.45, 7) is 6.66. The topological polar surface area (TPSA) is 23.5 Å². The van der Waals surface area contributed by atoms with E-state index in [0.717, 1.165) is 18.7 Å². The van der Waals surface area contributed by atoms with Crippen molar-refractivity contribution < 1.29 is 9.50 Å². The summed E-state index contributed by atoms with van der Waals surface area (Å²) in [4.78, 5) is 2.30. The molecule has 0 amide bonds. The molecule has 2 atom stereocenters. The zero-order chi connectivity index (χ0) is 13.3. The third-order valence-electron chi connectivity index (χ3n) is 3.87. The standard InChI is InChI=1S/C15H22FNO/c1-10-8-15(13(12(3)18)9-14(10)16)17-7-5-4-6-11(17)2/h8-9,11-12,18H,4-7H2,1-3H3. The second kappa shape index (κ2) is 5.27. The first-order chi connectivity index (χ1) is 8.50. The highest BCUT2D eigenvalue weighted by atomic mass is 19.1. The van der Waals surface area contributed by atoms with Crippen LogP contribution in [0.4, 0.5) is 10.1 Å². The van der Waals surface area contributed by atoms with Crippen molar-refractivity contribution in [1.82, 2.24) is 0 Å². The van der Waals surface area contributed by atoms with Gasteiger partial charge in [0.05, 0.1) is 6.10 Å². The van der Waals surface area contributed by atoms with Gasteiger partial charge in [-0.15, -0.1) is 0 Å². The number of aliphatic hydroxyl groups excluding tert-OH is 1. The van der Waals surface area contributed by atoms with Crippen LogP contribution in [-0.2, 0) is 0 Å². The number of halogens is 1. The number of hydrogen-bond acceptors (Lipinski definition) is 2. The lowest BCUT2D eigenvalue weighted by molar-refractivity contribution is 0.199. The minimum absolute atomic E-state index is 0.237. The van der Waals surface area contributed by atoms with Gasteiger partial charge >= 0.3 is 0 Å². The quantitative estimate of drug-likeness (QED) is 0.868. The predicted octanol–water partition coefficient (Wildman–Crippen LogP) is 3.57. The van der Waals surface area contributed by atoms with Crippen LogP contribution in [-0.4, -0.2) is 17.7 Å². The van der Waals surface area contributed by atoms with Gasteiger partial charge in [-0.25, -0.2) is 4.39 Å². The van der Waals surface area contributed by atoms with Crippen LogP contribution in [0, 0.1) is 12.7 Å². The van der Waals surface area contributed by atoms with Crippen LogP contribution in [0.5, 0.6) is 0 Å². The minimum atomic E-state index is -0.635. The Morgan fingerprint density at radius 2 is 2.11 bits per heavy atom. The Morgan fingerprint density at radius 3 is 2.72 bits per heavy atom. The fourth-order valence-corrected chi connectivity index (χ4v) is 2.72. The number of piperidine rings is 1. The number of hydrogen-bond donors (Lipinski definition) is 1. The van der Waals surface area contributed by atoms with E-state index in [0.29, 0.717) is 17.2 Å². The summed E-state index contributed by atoms with van der Waals surface area (Å²) in [6, 6.07) is 3.82. The summed E-state index contributed by atoms with van der Waals surface area (Å²) in [5.74, 6) is -0.237. The molecule has 2 nitrogen and oxygen atoms in total. The maximum Gasteiger partial charge on any atom is 0.126 e. The second-order valence-electron chi connectivity index (χ2n) is 5.37. The van der Waals surface area contributed by atoms with Crippen LogP contribution >= 0.6 is 0 Å². The maximum atomic E-state index is 13.7. The number of nitrogens with zero attached hydrogens (tertiary/aromatic N) is 1. The van der Waals surface area contributed by atoms with Crippen molar-refractivity contribution in [3.05, 3.63) is 29.1 Å². The van der Waals surface area contributed by atoms with Crippen LogP contribution in [0.1, 0.15) is 50.3 Å². The Balaban J connectivity index is 2.44. The molecule has 18 heavy (non-hydrogen) atoms. The van der Waals surface area contributed by atoms with Gasteiger partial charge < -0.3 is 10.0 Å². The van der Waals surface area contributed by atoms with Crippen LogP contribution in [0.2, 0.25) is 0 Å². The Morgan fingerprint density at radius 1 is 1.39 bits per heavy atom. The second-order valence-corrected chi connectivity index (χ2v) is 5.37. The lowest BCUT2D eigenvalue weighted by atomic mass is 9.98. The number of benzene rings is 1. The fourth-order valence-electron chi connectivity index (χ4n) is 2.72. The smallest absolute Gasteiger partial charge is 0.126 e. The van der Waals surface area contributed by atoms with Crippen LogP contribution in [0.3, 0.4) is 0 Å². The van der Waals surface area contributed by atoms with Gasteiger partial charge in [0.25, 0.3) is 0 Å². The van der Waals surface area contributed by atoms with Crippen molar-refractivity contribution in [2.24, 2.45) is 0 Å². The Kier molecular flexibility index (Phi) is 3.91. The molecule has 0 spiro atoms. The molecule has 1 aromatic rings. The van der Waals surface area contributed by atoms with E-state index in [9.17, 15) is 9.50 Å². The van der Waals surface area contributed by atoms with Crippen molar-refractivity contribution in [3.8, 4) is 0 Å². The molecule has 2 rings (SSSR count). The molecule has 0 aromatic heterocycles. The molecule has 0 bridgehead atoms. The van der Waals surface area contributed by atoms with Crippen molar-refractivity contribution in [3.63, 3.8) is 0 Å². The molecule has 2 unspecified atom stereocenters. The molecule has 0 saturated carbocycles. The molecule has 1 heterocycles. The average molecular weight is 251 g/mol. The van der Waals surface area contributed by atoms with Gasteiger partial charge in [-0.1, -0.05) is 0 Å². The molecule has 1 aliphatic heterocycles. The first-order valence-electron chi connectivity index (χ1n) is 6.75. The number of anilines is 1. The molecular weight excluding hydrogens is 229 g/mol. The molecule has 1 N–H and O–H groups in total. The fraction of sp³-hybridized carbons (Fsp3) is 0.600. The SMILES string of the molecule is Cc1cc(N2CCCCC2C)c(C(C)O)cc1F. The molecule has 3 heteroatoms. The van der Waals surface area contributed by atoms with Gasteiger partial charge in [0.1, 0.15) is 5.82 Å². The molecule has 1 aromatic carbocycles. The minimum Gasteiger partial charge on any atom is -0.389 e. The van der Waals surface area contributed by atoms with E-state index in [1.807, 2.05) is 6.07 Å². The van der Waals surface area contributed by atoms with E-state index in [1.54, 1.807) is 13.8 Å². The van der Waals surface area contributed by atoms with Gasteiger partial charge in [0.15, 0.2) is 0 Å². The number of rotatable bonds is 2. The highest BCUT2D eigenvalue weighted by molar-refractivity contribution is 5.57. The van der Waals surface area contributed by atoms with Gasteiger partial charge in [-0.2, -0.15) is 0 Å². The van der Waals surface area contributed by atoms with Crippen molar-refractivity contribution in [2.75, 3.05) is 11.4 Å². The molecule has 0 aliphatic carbocycles. The molecular formula is C15H22FNO. The normalized spacial score (nSPS) is 22.1. The van der Waals surface area contributed by atoms with Crippen LogP contribution in [0.15, 0.2) is 12.1 Å². The maximum absolute atomic E-state index is 13.7. The van der Waals surface area contributed by atoms with Gasteiger partial charge in [-0.3, -0.25) is 0 Å². The van der Waals surface area contributed by atoms with E-state index in [2.05, 4.69) is 11.8 Å². The molecule has 1 aliphatic rings. The summed E-state index contributed by atoms with van der Waals surface area (Å²) in [5.41, 5.74) is 2.34. The Labute approximate surface area is 108 Å². The summed E-state index contributed by atoms with van der Waals surface area (Å²) >= 11 is 0. The van der Waals surface area contributed by atoms with E-state index in [-0.39, 0.29) is 5.82 Å². The third-order valence-corrected chi connectivity index (χ3v) is 3.87. The first-order valence-corrected chi connectivity index (χ1v) is 6.75. The number of aliphatic hydroxyl groups is 1. The molecule has 1 saturated heterocycles. The van der Waals surface area contributed by atoms with Crippen LogP contribution < -0.4 is 4.90 Å². The Hall–Kier alpha value is -1.09. The van der Waals surface area contributed by atoms with E-state index >= 15 is 0 Å². The third kappa shape index (κ3) is 2.51. The first kappa shape index (κ1) is 13.3. The van der Waals surface area contributed by atoms with Crippen molar-refractivity contribution >= 4 is 5.69 Å². The van der Waals surface area contributed by atoms with E-state index in [4.69, 9.17) is 0 Å². The molecule has 1 fully saturated rings. The average Bonchev–Trinajstić information content (AvgIpc) is 2.32. The van der Waals surface area contributed by atoms with Gasteiger partial charge in [0.2, 0.25) is 0 Å². The lowest BCUT2D eigenvalue weighted by Gasteiger charge is -2.37. The summed E-state index contributed by atoms with van der Waals surface area (Å²) in [6.07, 6.45) is 2.95. The summed E-state index contributed by atoms with van der Waals surface area (Å²) in [5, 5.41) is 9.84. The van der Waals surface area contributed by atoms with Crippen molar-refractivity contribution in [1.29, 1.82) is 0 Å². The summed E-state index contributed by atoms with van der Waals surface area (Å²) in [7, 11) is 0. The largest absolute Gasteiger partial charge is 0.389 e. The zero-order valence-electron chi connectivity index (χ0n) is 11.4. The predicted molar refractivity (Wildman–Crippen MR) is 72.4 cm³/mol. The Bertz CT molecular complexity index is 431. The highest BCUT2D eigenvalue weighted by Crippen LogP contribution is 2.33.